The normalized spacial score (nSPS) is 9.81. The zero-order valence-electron chi connectivity index (χ0n) is 17.8. The molecule has 0 saturated heterocycles. The van der Waals surface area contributed by atoms with Gasteiger partial charge >= 0.3 is 0 Å². The molecular weight excluding hydrogens is 469 g/mol. The van der Waals surface area contributed by atoms with E-state index >= 15 is 0 Å². The Kier molecular flexibility index (Phi) is 18.6. The number of hydrogen-bond donors (Lipinski definition) is 6. The maximum Gasteiger partial charge on any atom is 0.145 e. The number of halogens is 3. The fourth-order valence-corrected chi connectivity index (χ4v) is 2.82. The topological polar surface area (TPSA) is 120 Å². The van der Waals surface area contributed by atoms with Crippen molar-refractivity contribution in [2.75, 3.05) is 77.3 Å². The SMILES string of the molecule is COc1ccc(OC)c2c(NCCNCCO)cc(NCCNCCO)nc12.Cl.Cl.Cl. The molecule has 0 amide bonds. The lowest BCUT2D eigenvalue weighted by atomic mass is 10.1. The van der Waals surface area contributed by atoms with E-state index in [2.05, 4.69) is 21.3 Å². The van der Waals surface area contributed by atoms with Gasteiger partial charge in [-0.1, -0.05) is 0 Å². The van der Waals surface area contributed by atoms with Gasteiger partial charge in [0, 0.05) is 45.3 Å². The molecule has 0 unspecified atom stereocenters. The summed E-state index contributed by atoms with van der Waals surface area (Å²) in [7, 11) is 3.25. The predicted molar refractivity (Wildman–Crippen MR) is 133 cm³/mol. The van der Waals surface area contributed by atoms with Crippen molar-refractivity contribution < 1.29 is 19.7 Å². The van der Waals surface area contributed by atoms with Crippen LogP contribution in [-0.4, -0.2) is 81.9 Å². The van der Waals surface area contributed by atoms with Crippen molar-refractivity contribution in [2.24, 2.45) is 0 Å². The first-order chi connectivity index (χ1) is 13.7. The highest BCUT2D eigenvalue weighted by Crippen LogP contribution is 2.38. The molecule has 1 aromatic heterocycles. The summed E-state index contributed by atoms with van der Waals surface area (Å²) in [6.07, 6.45) is 0. The van der Waals surface area contributed by atoms with Crippen LogP contribution in [0.15, 0.2) is 18.2 Å². The van der Waals surface area contributed by atoms with Crippen LogP contribution in [0.2, 0.25) is 0 Å². The van der Waals surface area contributed by atoms with Gasteiger partial charge in [-0.25, -0.2) is 4.98 Å². The average molecular weight is 503 g/mol. The first kappa shape index (κ1) is 31.7. The van der Waals surface area contributed by atoms with Crippen molar-refractivity contribution in [1.82, 2.24) is 15.6 Å². The highest BCUT2D eigenvalue weighted by Gasteiger charge is 2.15. The van der Waals surface area contributed by atoms with Gasteiger partial charge in [-0.05, 0) is 12.1 Å². The minimum atomic E-state index is 0. The minimum Gasteiger partial charge on any atom is -0.496 e. The maximum atomic E-state index is 8.87. The number of aromatic nitrogens is 1. The van der Waals surface area contributed by atoms with E-state index < -0.39 is 0 Å². The van der Waals surface area contributed by atoms with E-state index in [1.165, 1.54) is 0 Å². The second-order valence-corrected chi connectivity index (χ2v) is 6.05. The van der Waals surface area contributed by atoms with E-state index in [1.54, 1.807) is 14.2 Å². The summed E-state index contributed by atoms with van der Waals surface area (Å²) in [5, 5.41) is 31.5. The Morgan fingerprint density at radius 3 is 1.87 bits per heavy atom. The third kappa shape index (κ3) is 9.69. The molecule has 0 aliphatic rings. The van der Waals surface area contributed by atoms with Crippen LogP contribution in [0.3, 0.4) is 0 Å². The second-order valence-electron chi connectivity index (χ2n) is 6.05. The number of aliphatic hydroxyl groups is 2. The molecule has 0 bridgehead atoms. The molecule has 12 heteroatoms. The molecule has 0 aliphatic carbocycles. The van der Waals surface area contributed by atoms with Crippen molar-refractivity contribution in [3.05, 3.63) is 18.2 Å². The molecule has 0 saturated carbocycles. The Morgan fingerprint density at radius 2 is 1.32 bits per heavy atom. The molecule has 0 spiro atoms. The summed E-state index contributed by atoms with van der Waals surface area (Å²) in [5.41, 5.74) is 1.60. The van der Waals surface area contributed by atoms with Crippen LogP contribution in [0, 0.1) is 0 Å². The molecule has 0 radical (unpaired) electrons. The van der Waals surface area contributed by atoms with Crippen molar-refractivity contribution in [3.63, 3.8) is 0 Å². The van der Waals surface area contributed by atoms with Gasteiger partial charge in [0.1, 0.15) is 22.8 Å². The molecule has 180 valence electrons. The van der Waals surface area contributed by atoms with Gasteiger partial charge in [0.05, 0.1) is 38.5 Å². The van der Waals surface area contributed by atoms with Crippen molar-refractivity contribution >= 4 is 59.6 Å². The number of anilines is 2. The van der Waals surface area contributed by atoms with E-state index in [9.17, 15) is 0 Å². The van der Waals surface area contributed by atoms with Crippen LogP contribution in [0.1, 0.15) is 0 Å². The van der Waals surface area contributed by atoms with Crippen LogP contribution >= 0.6 is 37.2 Å². The smallest absolute Gasteiger partial charge is 0.145 e. The van der Waals surface area contributed by atoms with Gasteiger partial charge in [-0.3, -0.25) is 0 Å². The summed E-state index contributed by atoms with van der Waals surface area (Å²) >= 11 is 0. The van der Waals surface area contributed by atoms with Crippen molar-refractivity contribution in [1.29, 1.82) is 0 Å². The molecule has 0 fully saturated rings. The number of aliphatic hydroxyl groups excluding tert-OH is 2. The lowest BCUT2D eigenvalue weighted by Gasteiger charge is -2.17. The number of fused-ring (bicyclic) bond motifs is 1. The zero-order chi connectivity index (χ0) is 20.2. The van der Waals surface area contributed by atoms with Crippen molar-refractivity contribution in [2.45, 2.75) is 0 Å². The largest absolute Gasteiger partial charge is 0.496 e. The Bertz CT molecular complexity index is 743. The average Bonchev–Trinajstić information content (AvgIpc) is 2.72. The van der Waals surface area contributed by atoms with E-state index in [1.807, 2.05) is 18.2 Å². The van der Waals surface area contributed by atoms with Gasteiger partial charge in [0.25, 0.3) is 0 Å². The Morgan fingerprint density at radius 1 is 0.774 bits per heavy atom. The molecule has 2 rings (SSSR count). The van der Waals surface area contributed by atoms with E-state index in [-0.39, 0.29) is 50.4 Å². The Balaban J connectivity index is 0. The number of nitrogens with one attached hydrogen (secondary N) is 4. The van der Waals surface area contributed by atoms with Crippen molar-refractivity contribution in [3.8, 4) is 11.5 Å². The molecular formula is C19H34Cl3N5O4. The number of benzene rings is 1. The predicted octanol–water partition coefficient (Wildman–Crippen LogP) is 1.51. The van der Waals surface area contributed by atoms with E-state index in [0.717, 1.165) is 16.9 Å². The van der Waals surface area contributed by atoms with Gasteiger partial charge in [-0.2, -0.15) is 0 Å². The third-order valence-electron chi connectivity index (χ3n) is 4.13. The molecule has 1 aromatic carbocycles. The molecule has 6 N–H and O–H groups in total. The highest BCUT2D eigenvalue weighted by atomic mass is 35.5. The zero-order valence-corrected chi connectivity index (χ0v) is 20.2. The number of ether oxygens (including phenoxy) is 2. The Hall–Kier alpha value is -1.46. The maximum absolute atomic E-state index is 8.87. The number of pyridine rings is 1. The van der Waals surface area contributed by atoms with Crippen LogP contribution < -0.4 is 30.7 Å². The van der Waals surface area contributed by atoms with Crippen LogP contribution in [0.25, 0.3) is 10.9 Å². The number of rotatable bonds is 14. The standard InChI is InChI=1S/C19H31N5O4.3ClH/c1-27-15-3-4-16(28-2)19-18(15)14(22-7-5-20-9-11-25)13-17(24-19)23-8-6-21-10-12-26;;;/h3-4,13,20-21,25-26H,5-12H2,1-2H3,(H2,22,23,24);3*1H. The molecule has 2 aromatic rings. The minimum absolute atomic E-state index is 0. The van der Waals surface area contributed by atoms with Gasteiger partial charge < -0.3 is 41.0 Å². The fraction of sp³-hybridized carbons (Fsp3) is 0.526. The molecule has 0 atom stereocenters. The van der Waals surface area contributed by atoms with E-state index in [4.69, 9.17) is 24.7 Å². The highest BCUT2D eigenvalue weighted by molar-refractivity contribution is 6.01. The van der Waals surface area contributed by atoms with E-state index in [0.29, 0.717) is 56.3 Å². The fourth-order valence-electron chi connectivity index (χ4n) is 2.82. The first-order valence-corrected chi connectivity index (χ1v) is 9.41. The van der Waals surface area contributed by atoms with Gasteiger partial charge in [0.2, 0.25) is 0 Å². The van der Waals surface area contributed by atoms with Gasteiger partial charge in [0.15, 0.2) is 0 Å². The Labute approximate surface area is 201 Å². The lowest BCUT2D eigenvalue weighted by Crippen LogP contribution is -2.25. The monoisotopic (exact) mass is 501 g/mol. The number of nitrogens with zero attached hydrogens (tertiary/aromatic N) is 1. The summed E-state index contributed by atoms with van der Waals surface area (Å²) in [5.74, 6) is 2.10. The van der Waals surface area contributed by atoms with Gasteiger partial charge in [-0.15, -0.1) is 37.2 Å². The second kappa shape index (κ2) is 18.1. The summed E-state index contributed by atoms with van der Waals surface area (Å²) in [4.78, 5) is 4.71. The molecule has 31 heavy (non-hydrogen) atoms. The summed E-state index contributed by atoms with van der Waals surface area (Å²) < 4.78 is 11.0. The molecule has 9 nitrogen and oxygen atoms in total. The van der Waals surface area contributed by atoms with Crippen LogP contribution in [0.5, 0.6) is 11.5 Å². The third-order valence-corrected chi connectivity index (χ3v) is 4.13. The van der Waals surface area contributed by atoms with Crippen LogP contribution in [-0.2, 0) is 0 Å². The van der Waals surface area contributed by atoms with Crippen LogP contribution in [0.4, 0.5) is 11.5 Å². The number of methoxy groups -OCH3 is 2. The summed E-state index contributed by atoms with van der Waals surface area (Å²) in [6.45, 7) is 4.12. The number of hydrogen-bond acceptors (Lipinski definition) is 9. The summed E-state index contributed by atoms with van der Waals surface area (Å²) in [6, 6.07) is 5.65. The lowest BCUT2D eigenvalue weighted by molar-refractivity contribution is 0.293. The first-order valence-electron chi connectivity index (χ1n) is 9.41. The quantitative estimate of drug-likeness (QED) is 0.214. The molecule has 1 heterocycles. The molecule has 0 aliphatic heterocycles.